The predicted molar refractivity (Wildman–Crippen MR) is 75.7 cm³/mol. The number of hydrogen-bond acceptors (Lipinski definition) is 2. The Kier molecular flexibility index (Phi) is 6.76. The van der Waals surface area contributed by atoms with E-state index in [-0.39, 0.29) is 5.91 Å². The standard InChI is InChI=1S/C14H21ClN2O/c1-2-17(10-4-3-9-16)14(18)11-12-5-7-13(15)8-6-12/h5-8H,2-4,9-11,16H2,1H3. The van der Waals surface area contributed by atoms with E-state index in [1.807, 2.05) is 36.1 Å². The van der Waals surface area contributed by atoms with Gasteiger partial charge in [-0.15, -0.1) is 0 Å². The molecule has 100 valence electrons. The van der Waals surface area contributed by atoms with Gasteiger partial charge in [-0.3, -0.25) is 4.79 Å². The summed E-state index contributed by atoms with van der Waals surface area (Å²) in [5.41, 5.74) is 6.46. The van der Waals surface area contributed by atoms with E-state index in [9.17, 15) is 4.79 Å². The van der Waals surface area contributed by atoms with Crippen molar-refractivity contribution in [2.45, 2.75) is 26.2 Å². The van der Waals surface area contributed by atoms with E-state index in [2.05, 4.69) is 0 Å². The lowest BCUT2D eigenvalue weighted by Gasteiger charge is -2.20. The Bertz CT molecular complexity index is 365. The van der Waals surface area contributed by atoms with Gasteiger partial charge in [0.05, 0.1) is 6.42 Å². The third-order valence-corrected chi connectivity index (χ3v) is 3.14. The summed E-state index contributed by atoms with van der Waals surface area (Å²) in [6.07, 6.45) is 2.37. The van der Waals surface area contributed by atoms with E-state index in [0.29, 0.717) is 18.0 Å². The van der Waals surface area contributed by atoms with Crippen LogP contribution in [0, 0.1) is 0 Å². The maximum absolute atomic E-state index is 12.1. The van der Waals surface area contributed by atoms with Crippen LogP contribution < -0.4 is 5.73 Å². The Labute approximate surface area is 114 Å². The maximum Gasteiger partial charge on any atom is 0.226 e. The highest BCUT2D eigenvalue weighted by Gasteiger charge is 2.11. The first-order valence-corrected chi connectivity index (χ1v) is 6.77. The molecule has 0 aliphatic rings. The molecular formula is C14H21ClN2O. The lowest BCUT2D eigenvalue weighted by molar-refractivity contribution is -0.130. The average molecular weight is 269 g/mol. The SMILES string of the molecule is CCN(CCCCN)C(=O)Cc1ccc(Cl)cc1. The molecule has 0 saturated carbocycles. The minimum absolute atomic E-state index is 0.164. The third-order valence-electron chi connectivity index (χ3n) is 2.89. The zero-order chi connectivity index (χ0) is 13.4. The van der Waals surface area contributed by atoms with Crippen LogP contribution in [0.3, 0.4) is 0 Å². The van der Waals surface area contributed by atoms with E-state index in [4.69, 9.17) is 17.3 Å². The summed E-state index contributed by atoms with van der Waals surface area (Å²) in [6, 6.07) is 7.42. The van der Waals surface area contributed by atoms with Gasteiger partial charge in [-0.1, -0.05) is 23.7 Å². The number of rotatable bonds is 7. The average Bonchev–Trinajstić information content (AvgIpc) is 2.37. The molecule has 0 radical (unpaired) electrons. The molecule has 0 unspecified atom stereocenters. The minimum Gasteiger partial charge on any atom is -0.343 e. The topological polar surface area (TPSA) is 46.3 Å². The molecule has 0 atom stereocenters. The first kappa shape index (κ1) is 15.0. The van der Waals surface area contributed by atoms with Crippen LogP contribution in [0.5, 0.6) is 0 Å². The second kappa shape index (κ2) is 8.11. The largest absolute Gasteiger partial charge is 0.343 e. The fraction of sp³-hybridized carbons (Fsp3) is 0.500. The van der Waals surface area contributed by atoms with Crippen molar-refractivity contribution in [3.8, 4) is 0 Å². The van der Waals surface area contributed by atoms with Crippen molar-refractivity contribution in [1.29, 1.82) is 0 Å². The van der Waals surface area contributed by atoms with Crippen LogP contribution in [0.2, 0.25) is 5.02 Å². The van der Waals surface area contributed by atoms with Crippen LogP contribution in [0.25, 0.3) is 0 Å². The van der Waals surface area contributed by atoms with Gasteiger partial charge in [-0.25, -0.2) is 0 Å². The van der Waals surface area contributed by atoms with Crippen molar-refractivity contribution < 1.29 is 4.79 Å². The summed E-state index contributed by atoms with van der Waals surface area (Å²) in [5, 5.41) is 0.696. The van der Waals surface area contributed by atoms with Crippen molar-refractivity contribution in [3.63, 3.8) is 0 Å². The highest BCUT2D eigenvalue weighted by atomic mass is 35.5. The molecule has 1 amide bonds. The molecular weight excluding hydrogens is 248 g/mol. The van der Waals surface area contributed by atoms with E-state index >= 15 is 0 Å². The Balaban J connectivity index is 2.48. The van der Waals surface area contributed by atoms with Crippen molar-refractivity contribution >= 4 is 17.5 Å². The zero-order valence-electron chi connectivity index (χ0n) is 10.9. The van der Waals surface area contributed by atoms with Gasteiger partial charge < -0.3 is 10.6 Å². The smallest absolute Gasteiger partial charge is 0.226 e. The molecule has 0 aliphatic carbocycles. The molecule has 0 fully saturated rings. The summed E-state index contributed by atoms with van der Waals surface area (Å²) in [6.45, 7) is 4.22. The summed E-state index contributed by atoms with van der Waals surface area (Å²) >= 11 is 5.82. The first-order valence-electron chi connectivity index (χ1n) is 6.39. The van der Waals surface area contributed by atoms with E-state index in [1.54, 1.807) is 0 Å². The number of benzene rings is 1. The quantitative estimate of drug-likeness (QED) is 0.772. The van der Waals surface area contributed by atoms with E-state index in [0.717, 1.165) is 31.5 Å². The molecule has 18 heavy (non-hydrogen) atoms. The Morgan fingerprint density at radius 1 is 1.28 bits per heavy atom. The molecule has 1 aromatic rings. The molecule has 3 nitrogen and oxygen atoms in total. The molecule has 0 bridgehead atoms. The van der Waals surface area contributed by atoms with Gasteiger partial charge >= 0.3 is 0 Å². The summed E-state index contributed by atoms with van der Waals surface area (Å²) < 4.78 is 0. The van der Waals surface area contributed by atoms with E-state index < -0.39 is 0 Å². The number of carbonyl (C=O) groups excluding carboxylic acids is 1. The number of nitrogens with zero attached hydrogens (tertiary/aromatic N) is 1. The summed E-state index contributed by atoms with van der Waals surface area (Å²) in [4.78, 5) is 14.0. The number of nitrogens with two attached hydrogens (primary N) is 1. The maximum atomic E-state index is 12.1. The van der Waals surface area contributed by atoms with Gasteiger partial charge in [0.15, 0.2) is 0 Å². The van der Waals surface area contributed by atoms with Gasteiger partial charge in [0, 0.05) is 18.1 Å². The molecule has 2 N–H and O–H groups in total. The van der Waals surface area contributed by atoms with Crippen LogP contribution in [0.1, 0.15) is 25.3 Å². The molecule has 0 heterocycles. The lowest BCUT2D eigenvalue weighted by atomic mass is 10.1. The third kappa shape index (κ3) is 5.07. The first-order chi connectivity index (χ1) is 8.67. The van der Waals surface area contributed by atoms with Crippen LogP contribution in [0.15, 0.2) is 24.3 Å². The number of amides is 1. The Morgan fingerprint density at radius 2 is 1.94 bits per heavy atom. The van der Waals surface area contributed by atoms with E-state index in [1.165, 1.54) is 0 Å². The highest BCUT2D eigenvalue weighted by Crippen LogP contribution is 2.11. The summed E-state index contributed by atoms with van der Waals surface area (Å²) in [7, 11) is 0. The predicted octanol–water partition coefficient (Wildman–Crippen LogP) is 2.47. The Hall–Kier alpha value is -1.06. The second-order valence-electron chi connectivity index (χ2n) is 4.27. The van der Waals surface area contributed by atoms with Gasteiger partial charge in [-0.2, -0.15) is 0 Å². The molecule has 1 aromatic carbocycles. The molecule has 0 spiro atoms. The van der Waals surface area contributed by atoms with Crippen LogP contribution in [0.4, 0.5) is 0 Å². The fourth-order valence-corrected chi connectivity index (χ4v) is 1.92. The minimum atomic E-state index is 0.164. The molecule has 0 aromatic heterocycles. The fourth-order valence-electron chi connectivity index (χ4n) is 1.79. The van der Waals surface area contributed by atoms with Crippen molar-refractivity contribution in [3.05, 3.63) is 34.9 Å². The lowest BCUT2D eigenvalue weighted by Crippen LogP contribution is -2.33. The number of likely N-dealkylation sites (N-methyl/N-ethyl adjacent to an activating group) is 1. The van der Waals surface area contributed by atoms with Gasteiger partial charge in [0.25, 0.3) is 0 Å². The number of halogens is 1. The highest BCUT2D eigenvalue weighted by molar-refractivity contribution is 6.30. The number of hydrogen-bond donors (Lipinski definition) is 1. The zero-order valence-corrected chi connectivity index (χ0v) is 11.6. The van der Waals surface area contributed by atoms with Crippen molar-refractivity contribution in [2.24, 2.45) is 5.73 Å². The Morgan fingerprint density at radius 3 is 2.50 bits per heavy atom. The molecule has 4 heteroatoms. The number of unbranched alkanes of at least 4 members (excludes halogenated alkanes) is 1. The van der Waals surface area contributed by atoms with Gasteiger partial charge in [0.2, 0.25) is 5.91 Å². The molecule has 0 saturated heterocycles. The molecule has 1 rings (SSSR count). The monoisotopic (exact) mass is 268 g/mol. The molecule has 0 aliphatic heterocycles. The van der Waals surface area contributed by atoms with Crippen molar-refractivity contribution in [1.82, 2.24) is 4.90 Å². The van der Waals surface area contributed by atoms with Gasteiger partial charge in [0.1, 0.15) is 0 Å². The van der Waals surface area contributed by atoms with Crippen LogP contribution in [-0.2, 0) is 11.2 Å². The van der Waals surface area contributed by atoms with Crippen molar-refractivity contribution in [2.75, 3.05) is 19.6 Å². The van der Waals surface area contributed by atoms with Crippen LogP contribution in [-0.4, -0.2) is 30.4 Å². The normalized spacial score (nSPS) is 10.4. The summed E-state index contributed by atoms with van der Waals surface area (Å²) in [5.74, 6) is 0.164. The van der Waals surface area contributed by atoms with Gasteiger partial charge in [-0.05, 0) is 44.0 Å². The number of carbonyl (C=O) groups is 1. The van der Waals surface area contributed by atoms with Crippen LogP contribution >= 0.6 is 11.6 Å². The second-order valence-corrected chi connectivity index (χ2v) is 4.71.